The van der Waals surface area contributed by atoms with Crippen LogP contribution in [-0.4, -0.2) is 73.8 Å². The van der Waals surface area contributed by atoms with Crippen LogP contribution in [0.3, 0.4) is 0 Å². The Morgan fingerprint density at radius 3 is 1.56 bits per heavy atom. The Balaban J connectivity index is 0.000000175. The highest BCUT2D eigenvalue weighted by Crippen LogP contribution is 2.35. The van der Waals surface area contributed by atoms with Crippen LogP contribution in [0, 0.1) is 11.6 Å². The second kappa shape index (κ2) is 19.4. The topological polar surface area (TPSA) is 248 Å². The first kappa shape index (κ1) is 46.2. The fourth-order valence-electron chi connectivity index (χ4n) is 6.59. The zero-order valence-electron chi connectivity index (χ0n) is 34.8. The molecule has 2 aliphatic carbocycles. The number of aliphatic carboxylic acids is 1. The van der Waals surface area contributed by atoms with Crippen LogP contribution in [0.4, 0.5) is 8.78 Å². The lowest BCUT2D eigenvalue weighted by molar-refractivity contribution is -0.136. The Kier molecular flexibility index (Phi) is 14.2. The van der Waals surface area contributed by atoms with Crippen LogP contribution in [0.2, 0.25) is 0 Å². The number of hydrogen-bond donors (Lipinski definition) is 3. The molecule has 17 nitrogen and oxygen atoms in total. The molecule has 4 N–H and O–H groups in total. The number of nitrogens with two attached hydrogens (primary N) is 1. The average Bonchev–Trinajstić information content (AvgIpc) is 4.16. The molecule has 0 spiro atoms. The number of nitrogens with one attached hydrogen (secondary N) is 1. The molecule has 4 heterocycles. The number of carbonyl (C=O) groups is 2. The summed E-state index contributed by atoms with van der Waals surface area (Å²) in [6, 6.07) is 12.9. The summed E-state index contributed by atoms with van der Waals surface area (Å²) in [5, 5.41) is 29.0. The third-order valence-electron chi connectivity index (χ3n) is 9.89. The monoisotopic (exact) mass is 904 g/mol. The fourth-order valence-corrected chi connectivity index (χ4v) is 7.83. The number of nitrogens with zero attached hydrogens (tertiary/aromatic N) is 8. The Morgan fingerprint density at radius 2 is 1.17 bits per heavy atom. The smallest absolute Gasteiger partial charge is 0.307 e. The maximum atomic E-state index is 14.3. The van der Waals surface area contributed by atoms with Crippen LogP contribution in [0.5, 0.6) is 0 Å². The van der Waals surface area contributed by atoms with Gasteiger partial charge in [0.05, 0.1) is 37.3 Å². The SMILES string of the molecule is CC(C)c1cc(F)cc(-c2cccnc2)c1CC(=O)NS(=O)(=O)c1cnn(C2CC2)n1.CC(C)c1cc(F)cc(-c2cccnc2)c1CC(=O)O.NS(=O)(=O)c1cnn(C2CC2)n1. The number of carboxylic acid groups (broad SMARTS) is 1. The molecule has 2 saturated carbocycles. The zero-order valence-corrected chi connectivity index (χ0v) is 36.4. The van der Waals surface area contributed by atoms with Gasteiger partial charge in [-0.25, -0.2) is 27.1 Å². The van der Waals surface area contributed by atoms with E-state index in [-0.39, 0.29) is 52.6 Å². The molecule has 0 atom stereocenters. The standard InChI is InChI=1S/C21H22FN5O3S.C16H16FNO2.C5H8N4O2S/c1-13(2)17-8-15(22)9-18(14-4-3-7-23-11-14)19(17)10-20(28)26-31(29,30)21-12-24-27(25-21)16-5-6-16;1-10(2)13-6-12(17)7-14(15(13)8-16(19)20)11-4-3-5-18-9-11;6-12(10,11)5-3-7-9(8-5)4-1-2-4/h3-4,7-9,11-13,16H,5-6,10H2,1-2H3,(H,26,28);3-7,9-10H,8H2,1-2H3,(H,19,20);3-4H,1-2H2,(H2,6,10,11). The fraction of sp³-hybridized carbons (Fsp3) is 0.333. The summed E-state index contributed by atoms with van der Waals surface area (Å²) in [6.07, 6.45) is 12.2. The molecule has 2 aliphatic rings. The van der Waals surface area contributed by atoms with Crippen LogP contribution in [0.1, 0.15) is 99.6 Å². The molecular weight excluding hydrogens is 859 g/mol. The first-order valence-corrected chi connectivity index (χ1v) is 22.9. The van der Waals surface area contributed by atoms with E-state index in [1.807, 2.05) is 27.7 Å². The first-order valence-electron chi connectivity index (χ1n) is 19.9. The predicted molar refractivity (Wildman–Crippen MR) is 226 cm³/mol. The number of carbonyl (C=O) groups excluding carboxylic acids is 1. The second-order valence-electron chi connectivity index (χ2n) is 15.6. The molecule has 0 saturated heterocycles. The number of pyridine rings is 2. The minimum Gasteiger partial charge on any atom is -0.481 e. The number of carboxylic acids is 1. The minimum atomic E-state index is -4.16. The molecule has 21 heteroatoms. The van der Waals surface area contributed by atoms with E-state index in [2.05, 4.69) is 35.1 Å². The molecule has 0 bridgehead atoms. The summed E-state index contributed by atoms with van der Waals surface area (Å²) in [4.78, 5) is 34.7. The van der Waals surface area contributed by atoms with E-state index >= 15 is 0 Å². The molecule has 2 fully saturated rings. The predicted octanol–water partition coefficient (Wildman–Crippen LogP) is 5.88. The van der Waals surface area contributed by atoms with E-state index in [0.717, 1.165) is 43.0 Å². The highest BCUT2D eigenvalue weighted by atomic mass is 32.2. The van der Waals surface area contributed by atoms with Gasteiger partial charge in [0.1, 0.15) is 11.6 Å². The number of benzene rings is 2. The lowest BCUT2D eigenvalue weighted by atomic mass is 9.88. The summed E-state index contributed by atoms with van der Waals surface area (Å²) in [5.74, 6) is -2.49. The van der Waals surface area contributed by atoms with Crippen molar-refractivity contribution >= 4 is 31.9 Å². The quantitative estimate of drug-likeness (QED) is 0.123. The number of sulfonamides is 2. The van der Waals surface area contributed by atoms with Crippen molar-refractivity contribution < 1.29 is 40.3 Å². The second-order valence-corrected chi connectivity index (χ2v) is 18.8. The summed E-state index contributed by atoms with van der Waals surface area (Å²) in [7, 11) is -7.85. The van der Waals surface area contributed by atoms with E-state index in [0.29, 0.717) is 33.4 Å². The molecule has 332 valence electrons. The highest BCUT2D eigenvalue weighted by molar-refractivity contribution is 7.90. The van der Waals surface area contributed by atoms with E-state index in [1.165, 1.54) is 40.1 Å². The van der Waals surface area contributed by atoms with Crippen molar-refractivity contribution in [3.05, 3.63) is 120 Å². The van der Waals surface area contributed by atoms with Crippen molar-refractivity contribution in [1.82, 2.24) is 44.7 Å². The first-order chi connectivity index (χ1) is 29.8. The van der Waals surface area contributed by atoms with Gasteiger partial charge in [-0.05, 0) is 107 Å². The molecule has 0 unspecified atom stereocenters. The Morgan fingerprint density at radius 1 is 0.730 bits per heavy atom. The molecule has 1 amide bonds. The van der Waals surface area contributed by atoms with Crippen molar-refractivity contribution in [3.63, 3.8) is 0 Å². The van der Waals surface area contributed by atoms with E-state index < -0.39 is 37.7 Å². The maximum Gasteiger partial charge on any atom is 0.307 e. The highest BCUT2D eigenvalue weighted by Gasteiger charge is 2.30. The van der Waals surface area contributed by atoms with Crippen LogP contribution < -0.4 is 9.86 Å². The third kappa shape index (κ3) is 12.2. The maximum absolute atomic E-state index is 14.3. The van der Waals surface area contributed by atoms with Gasteiger partial charge >= 0.3 is 5.97 Å². The lowest BCUT2D eigenvalue weighted by Crippen LogP contribution is -2.32. The Bertz CT molecular complexity index is 2810. The molecule has 4 aromatic heterocycles. The Hall–Kier alpha value is -6.32. The summed E-state index contributed by atoms with van der Waals surface area (Å²) < 4.78 is 76.9. The van der Waals surface area contributed by atoms with Crippen LogP contribution in [-0.2, 0) is 42.5 Å². The van der Waals surface area contributed by atoms with Crippen LogP contribution in [0.15, 0.2) is 95.8 Å². The van der Waals surface area contributed by atoms with Gasteiger partial charge in [-0.15, -0.1) is 10.2 Å². The number of rotatable bonds is 13. The Labute approximate surface area is 362 Å². The van der Waals surface area contributed by atoms with Crippen molar-refractivity contribution in [2.45, 2.75) is 100 Å². The van der Waals surface area contributed by atoms with Crippen molar-refractivity contribution in [2.24, 2.45) is 5.14 Å². The molecule has 6 aromatic rings. The van der Waals surface area contributed by atoms with Gasteiger partial charge in [-0.3, -0.25) is 19.6 Å². The van der Waals surface area contributed by atoms with Crippen LogP contribution >= 0.6 is 0 Å². The van der Waals surface area contributed by atoms with E-state index in [4.69, 9.17) is 10.2 Å². The third-order valence-corrected chi connectivity index (χ3v) is 11.9. The normalized spacial score (nSPS) is 13.8. The number of aromatic nitrogens is 8. The van der Waals surface area contributed by atoms with Crippen molar-refractivity contribution in [1.29, 1.82) is 0 Å². The number of halogens is 2. The van der Waals surface area contributed by atoms with Gasteiger partial charge in [-0.2, -0.15) is 28.2 Å². The van der Waals surface area contributed by atoms with Gasteiger partial charge in [0, 0.05) is 35.9 Å². The number of primary sulfonamides is 1. The number of hydrogen-bond acceptors (Lipinski definition) is 12. The van der Waals surface area contributed by atoms with Gasteiger partial charge in [0.15, 0.2) is 0 Å². The van der Waals surface area contributed by atoms with Gasteiger partial charge in [0.2, 0.25) is 16.0 Å². The molecule has 63 heavy (non-hydrogen) atoms. The van der Waals surface area contributed by atoms with E-state index in [9.17, 15) is 35.2 Å². The molecule has 0 aliphatic heterocycles. The van der Waals surface area contributed by atoms with Gasteiger partial charge in [-0.1, -0.05) is 39.8 Å². The molecule has 8 rings (SSSR count). The molecule has 0 radical (unpaired) electrons. The summed E-state index contributed by atoms with van der Waals surface area (Å²) in [6.45, 7) is 7.62. The minimum absolute atomic E-state index is 0.0514. The van der Waals surface area contributed by atoms with E-state index in [1.54, 1.807) is 49.1 Å². The average molecular weight is 905 g/mol. The molecular formula is C42H46F2N10O7S2. The summed E-state index contributed by atoms with van der Waals surface area (Å²) >= 11 is 0. The van der Waals surface area contributed by atoms with Crippen LogP contribution in [0.25, 0.3) is 22.3 Å². The summed E-state index contributed by atoms with van der Waals surface area (Å²) in [5.41, 5.74) is 5.04. The van der Waals surface area contributed by atoms with Gasteiger partial charge < -0.3 is 5.11 Å². The van der Waals surface area contributed by atoms with Crippen molar-refractivity contribution in [2.75, 3.05) is 0 Å². The largest absolute Gasteiger partial charge is 0.481 e. The number of amides is 1. The zero-order chi connectivity index (χ0) is 45.6. The molecule has 2 aromatic carbocycles. The van der Waals surface area contributed by atoms with Gasteiger partial charge in [0.25, 0.3) is 20.0 Å². The lowest BCUT2D eigenvalue weighted by Gasteiger charge is -2.18. The van der Waals surface area contributed by atoms with Crippen molar-refractivity contribution in [3.8, 4) is 22.3 Å².